The van der Waals surface area contributed by atoms with E-state index >= 15 is 0 Å². The number of nitrogens with zero attached hydrogens (tertiary/aromatic N) is 1. The second-order valence-corrected chi connectivity index (χ2v) is 7.75. The van der Waals surface area contributed by atoms with Crippen molar-refractivity contribution in [2.75, 3.05) is 13.1 Å². The summed E-state index contributed by atoms with van der Waals surface area (Å²) in [7, 11) is -3.21. The molecule has 1 fully saturated rings. The summed E-state index contributed by atoms with van der Waals surface area (Å²) < 4.78 is 25.4. The first-order valence-electron chi connectivity index (χ1n) is 5.52. The molecular formula is C10H22N2O2S. The number of hydrogen-bond acceptors (Lipinski definition) is 3. The van der Waals surface area contributed by atoms with E-state index in [0.29, 0.717) is 13.1 Å². The minimum Gasteiger partial charge on any atom is -0.329 e. The molecule has 0 heterocycles. The molecule has 1 saturated carbocycles. The van der Waals surface area contributed by atoms with Crippen LogP contribution in [-0.2, 0) is 10.0 Å². The number of rotatable bonds is 4. The van der Waals surface area contributed by atoms with Crippen LogP contribution in [0.15, 0.2) is 0 Å². The molecule has 0 spiro atoms. The summed E-state index contributed by atoms with van der Waals surface area (Å²) in [4.78, 5) is 0. The summed E-state index contributed by atoms with van der Waals surface area (Å²) in [5.41, 5.74) is 5.48. The standard InChI is InChI=1S/C10H22N2O2S/c1-10(2,3)15(13,14)12(8-7-11)9-5-4-6-9/h9H,4-8,11H2,1-3H3. The molecule has 1 aliphatic rings. The van der Waals surface area contributed by atoms with E-state index < -0.39 is 14.8 Å². The third kappa shape index (κ3) is 2.52. The van der Waals surface area contributed by atoms with E-state index in [9.17, 15) is 8.42 Å². The fourth-order valence-corrected chi connectivity index (χ4v) is 3.31. The van der Waals surface area contributed by atoms with Crippen molar-refractivity contribution in [3.05, 3.63) is 0 Å². The smallest absolute Gasteiger partial charge is 0.219 e. The van der Waals surface area contributed by atoms with Crippen LogP contribution in [0.1, 0.15) is 40.0 Å². The fraction of sp³-hybridized carbons (Fsp3) is 1.00. The molecule has 0 saturated heterocycles. The lowest BCUT2D eigenvalue weighted by atomic mass is 9.93. The molecule has 5 heteroatoms. The second-order valence-electron chi connectivity index (χ2n) is 5.10. The highest BCUT2D eigenvalue weighted by Gasteiger charge is 2.40. The Labute approximate surface area is 92.9 Å². The predicted molar refractivity (Wildman–Crippen MR) is 62.1 cm³/mol. The maximum absolute atomic E-state index is 12.2. The quantitative estimate of drug-likeness (QED) is 0.787. The number of hydrogen-bond donors (Lipinski definition) is 1. The van der Waals surface area contributed by atoms with Gasteiger partial charge in [-0.05, 0) is 33.6 Å². The van der Waals surface area contributed by atoms with Crippen LogP contribution in [0.3, 0.4) is 0 Å². The van der Waals surface area contributed by atoms with Crippen molar-refractivity contribution in [2.24, 2.45) is 5.73 Å². The van der Waals surface area contributed by atoms with Crippen molar-refractivity contribution >= 4 is 10.0 Å². The van der Waals surface area contributed by atoms with Crippen LogP contribution < -0.4 is 5.73 Å². The Balaban J connectivity index is 2.88. The van der Waals surface area contributed by atoms with Crippen LogP contribution in [0.2, 0.25) is 0 Å². The van der Waals surface area contributed by atoms with Crippen LogP contribution in [0.25, 0.3) is 0 Å². The summed E-state index contributed by atoms with van der Waals surface area (Å²) in [5, 5.41) is 0. The van der Waals surface area contributed by atoms with E-state index in [4.69, 9.17) is 5.73 Å². The van der Waals surface area contributed by atoms with Crippen LogP contribution in [0.5, 0.6) is 0 Å². The van der Waals surface area contributed by atoms with Crippen molar-refractivity contribution in [1.82, 2.24) is 4.31 Å². The van der Waals surface area contributed by atoms with Crippen LogP contribution >= 0.6 is 0 Å². The molecule has 0 aliphatic heterocycles. The highest BCUT2D eigenvalue weighted by atomic mass is 32.2. The summed E-state index contributed by atoms with van der Waals surface area (Å²) in [6, 6.07) is 0.192. The van der Waals surface area contributed by atoms with Gasteiger partial charge in [-0.25, -0.2) is 8.42 Å². The van der Waals surface area contributed by atoms with E-state index in [2.05, 4.69) is 0 Å². The Morgan fingerprint density at radius 1 is 1.33 bits per heavy atom. The van der Waals surface area contributed by atoms with Gasteiger partial charge in [-0.1, -0.05) is 6.42 Å². The molecule has 0 atom stereocenters. The average molecular weight is 234 g/mol. The zero-order valence-corrected chi connectivity index (χ0v) is 10.7. The Morgan fingerprint density at radius 3 is 2.13 bits per heavy atom. The van der Waals surface area contributed by atoms with E-state index in [1.165, 1.54) is 0 Å². The van der Waals surface area contributed by atoms with Gasteiger partial charge in [-0.3, -0.25) is 0 Å². The molecule has 4 nitrogen and oxygen atoms in total. The third-order valence-corrected chi connectivity index (χ3v) is 5.56. The van der Waals surface area contributed by atoms with Gasteiger partial charge in [-0.2, -0.15) is 4.31 Å². The van der Waals surface area contributed by atoms with Crippen LogP contribution in [0, 0.1) is 0 Å². The SMILES string of the molecule is CC(C)(C)S(=O)(=O)N(CCN)C1CCC1. The first kappa shape index (κ1) is 12.9. The maximum Gasteiger partial charge on any atom is 0.219 e. The Morgan fingerprint density at radius 2 is 1.87 bits per heavy atom. The highest BCUT2D eigenvalue weighted by molar-refractivity contribution is 7.90. The van der Waals surface area contributed by atoms with Crippen molar-refractivity contribution in [2.45, 2.75) is 50.8 Å². The van der Waals surface area contributed by atoms with Gasteiger partial charge in [0, 0.05) is 19.1 Å². The summed E-state index contributed by atoms with van der Waals surface area (Å²) in [6.07, 6.45) is 3.09. The Kier molecular flexibility index (Phi) is 3.79. The van der Waals surface area contributed by atoms with Gasteiger partial charge in [0.1, 0.15) is 0 Å². The largest absolute Gasteiger partial charge is 0.329 e. The Bertz CT molecular complexity index is 302. The zero-order valence-electron chi connectivity index (χ0n) is 9.86. The summed E-state index contributed by atoms with van der Waals surface area (Å²) in [5.74, 6) is 0. The summed E-state index contributed by atoms with van der Waals surface area (Å²) in [6.45, 7) is 6.07. The van der Waals surface area contributed by atoms with E-state index in [1.807, 2.05) is 0 Å². The van der Waals surface area contributed by atoms with E-state index in [0.717, 1.165) is 19.3 Å². The molecule has 0 unspecified atom stereocenters. The van der Waals surface area contributed by atoms with Gasteiger partial charge in [0.05, 0.1) is 4.75 Å². The van der Waals surface area contributed by atoms with Gasteiger partial charge in [0.2, 0.25) is 10.0 Å². The van der Waals surface area contributed by atoms with Gasteiger partial charge in [0.25, 0.3) is 0 Å². The molecule has 0 amide bonds. The first-order valence-corrected chi connectivity index (χ1v) is 6.96. The van der Waals surface area contributed by atoms with Gasteiger partial charge < -0.3 is 5.73 Å². The minimum absolute atomic E-state index is 0.192. The maximum atomic E-state index is 12.2. The second kappa shape index (κ2) is 4.39. The molecule has 1 rings (SSSR count). The minimum atomic E-state index is -3.21. The molecule has 90 valence electrons. The lowest BCUT2D eigenvalue weighted by molar-refractivity contribution is 0.219. The predicted octanol–water partition coefficient (Wildman–Crippen LogP) is 0.928. The van der Waals surface area contributed by atoms with Crippen molar-refractivity contribution in [3.63, 3.8) is 0 Å². The molecular weight excluding hydrogens is 212 g/mol. The van der Waals surface area contributed by atoms with Crippen LogP contribution in [-0.4, -0.2) is 36.6 Å². The van der Waals surface area contributed by atoms with Crippen molar-refractivity contribution in [1.29, 1.82) is 0 Å². The van der Waals surface area contributed by atoms with E-state index in [-0.39, 0.29) is 6.04 Å². The summed E-state index contributed by atoms with van der Waals surface area (Å²) >= 11 is 0. The molecule has 0 aromatic rings. The molecule has 0 radical (unpaired) electrons. The zero-order chi connectivity index (χ0) is 11.7. The molecule has 2 N–H and O–H groups in total. The van der Waals surface area contributed by atoms with Gasteiger partial charge >= 0.3 is 0 Å². The molecule has 0 bridgehead atoms. The molecule has 15 heavy (non-hydrogen) atoms. The molecule has 0 aromatic heterocycles. The fourth-order valence-electron chi connectivity index (χ4n) is 1.65. The van der Waals surface area contributed by atoms with E-state index in [1.54, 1.807) is 25.1 Å². The molecule has 1 aliphatic carbocycles. The monoisotopic (exact) mass is 234 g/mol. The lowest BCUT2D eigenvalue weighted by Crippen LogP contribution is -2.52. The number of sulfonamides is 1. The first-order chi connectivity index (χ1) is 6.80. The van der Waals surface area contributed by atoms with Crippen molar-refractivity contribution in [3.8, 4) is 0 Å². The lowest BCUT2D eigenvalue weighted by Gasteiger charge is -2.39. The topological polar surface area (TPSA) is 63.4 Å². The van der Waals surface area contributed by atoms with Gasteiger partial charge in [0.15, 0.2) is 0 Å². The normalized spacial score (nSPS) is 19.3. The van der Waals surface area contributed by atoms with Gasteiger partial charge in [-0.15, -0.1) is 0 Å². The average Bonchev–Trinajstić information content (AvgIpc) is 1.98. The molecule has 0 aromatic carbocycles. The third-order valence-electron chi connectivity index (χ3n) is 2.91. The Hall–Kier alpha value is -0.130. The highest BCUT2D eigenvalue weighted by Crippen LogP contribution is 2.31. The number of nitrogens with two attached hydrogens (primary N) is 1. The van der Waals surface area contributed by atoms with Crippen LogP contribution in [0.4, 0.5) is 0 Å². The van der Waals surface area contributed by atoms with Crippen molar-refractivity contribution < 1.29 is 8.42 Å².